The third kappa shape index (κ3) is 4.29. The SMILES string of the molecule is C=CCc1cc(C=NN2C(=O)[C@@H]3[C@H](C2=O)[C@H]2C=C[C@H]3C2)cc(OC)c1OCC(=O)OC(C)C. The van der Waals surface area contributed by atoms with Crippen LogP contribution in [0, 0.1) is 23.7 Å². The highest BCUT2D eigenvalue weighted by Gasteiger charge is 2.59. The first-order valence-corrected chi connectivity index (χ1v) is 11.1. The van der Waals surface area contributed by atoms with Crippen LogP contribution >= 0.6 is 0 Å². The van der Waals surface area contributed by atoms with Gasteiger partial charge in [-0.15, -0.1) is 6.58 Å². The van der Waals surface area contributed by atoms with E-state index in [4.69, 9.17) is 14.2 Å². The van der Waals surface area contributed by atoms with Gasteiger partial charge in [-0.3, -0.25) is 9.59 Å². The molecular weight excluding hydrogens is 424 g/mol. The number of benzene rings is 1. The summed E-state index contributed by atoms with van der Waals surface area (Å²) in [5.41, 5.74) is 1.35. The molecule has 0 spiro atoms. The average Bonchev–Trinajstić information content (AvgIpc) is 3.45. The molecular formula is C25H28N2O6. The van der Waals surface area contributed by atoms with Gasteiger partial charge in [0.2, 0.25) is 0 Å². The van der Waals surface area contributed by atoms with Crippen molar-refractivity contribution in [2.24, 2.45) is 28.8 Å². The number of rotatable bonds is 9. The minimum Gasteiger partial charge on any atom is -0.493 e. The van der Waals surface area contributed by atoms with Crippen molar-refractivity contribution in [3.63, 3.8) is 0 Å². The second-order valence-corrected chi connectivity index (χ2v) is 8.76. The lowest BCUT2D eigenvalue weighted by atomic mass is 9.85. The van der Waals surface area contributed by atoms with Crippen LogP contribution in [0.4, 0.5) is 0 Å². The van der Waals surface area contributed by atoms with Gasteiger partial charge < -0.3 is 14.2 Å². The maximum Gasteiger partial charge on any atom is 0.344 e. The van der Waals surface area contributed by atoms with Crippen LogP contribution in [-0.4, -0.2) is 48.8 Å². The van der Waals surface area contributed by atoms with Gasteiger partial charge in [0, 0.05) is 5.56 Å². The summed E-state index contributed by atoms with van der Waals surface area (Å²) in [5.74, 6) is -0.479. The van der Waals surface area contributed by atoms with Gasteiger partial charge in [-0.25, -0.2) is 4.79 Å². The van der Waals surface area contributed by atoms with Crippen LogP contribution in [0.3, 0.4) is 0 Å². The number of methoxy groups -OCH3 is 1. The summed E-state index contributed by atoms with van der Waals surface area (Å²) in [6, 6.07) is 3.48. The van der Waals surface area contributed by atoms with Gasteiger partial charge >= 0.3 is 5.97 Å². The summed E-state index contributed by atoms with van der Waals surface area (Å²) < 4.78 is 16.3. The Balaban J connectivity index is 1.54. The maximum atomic E-state index is 12.8. The number of nitrogens with zero attached hydrogens (tertiary/aromatic N) is 2. The van der Waals surface area contributed by atoms with E-state index in [0.29, 0.717) is 23.5 Å². The first kappa shape index (κ1) is 22.8. The molecule has 8 nitrogen and oxygen atoms in total. The molecule has 8 heteroatoms. The molecule has 2 fully saturated rings. The lowest BCUT2D eigenvalue weighted by Crippen LogP contribution is -2.28. The minimum absolute atomic E-state index is 0.134. The summed E-state index contributed by atoms with van der Waals surface area (Å²) in [6.45, 7) is 7.04. The number of esters is 1. The average molecular weight is 453 g/mol. The van der Waals surface area contributed by atoms with Crippen molar-refractivity contribution in [1.29, 1.82) is 0 Å². The predicted octanol–water partition coefficient (Wildman–Crippen LogP) is 2.90. The van der Waals surface area contributed by atoms with Crippen molar-refractivity contribution in [2.75, 3.05) is 13.7 Å². The van der Waals surface area contributed by atoms with E-state index in [9.17, 15) is 14.4 Å². The largest absolute Gasteiger partial charge is 0.493 e. The number of fused-ring (bicyclic) bond motifs is 5. The van der Waals surface area contributed by atoms with Gasteiger partial charge in [0.25, 0.3) is 11.8 Å². The van der Waals surface area contributed by atoms with Crippen molar-refractivity contribution in [3.05, 3.63) is 48.1 Å². The van der Waals surface area contributed by atoms with E-state index in [2.05, 4.69) is 11.7 Å². The Bertz CT molecular complexity index is 1010. The van der Waals surface area contributed by atoms with E-state index in [1.165, 1.54) is 13.3 Å². The maximum absolute atomic E-state index is 12.8. The number of hydrogen-bond acceptors (Lipinski definition) is 7. The molecule has 1 aromatic carbocycles. The highest BCUT2D eigenvalue weighted by Crippen LogP contribution is 2.52. The fraction of sp³-hybridized carbons (Fsp3) is 0.440. The Kier molecular flexibility index (Phi) is 6.35. The van der Waals surface area contributed by atoms with Crippen LogP contribution < -0.4 is 9.47 Å². The van der Waals surface area contributed by atoms with E-state index in [0.717, 1.165) is 17.0 Å². The van der Waals surface area contributed by atoms with Crippen LogP contribution in [0.2, 0.25) is 0 Å². The van der Waals surface area contributed by atoms with Crippen molar-refractivity contribution in [3.8, 4) is 11.5 Å². The molecule has 1 aromatic rings. The van der Waals surface area contributed by atoms with Crippen LogP contribution in [-0.2, 0) is 25.5 Å². The number of amides is 2. The molecule has 0 radical (unpaired) electrons. The van der Waals surface area contributed by atoms with Crippen molar-refractivity contribution in [1.82, 2.24) is 5.01 Å². The number of allylic oxidation sites excluding steroid dienone is 3. The Morgan fingerprint density at radius 2 is 1.88 bits per heavy atom. The fourth-order valence-electron chi connectivity index (χ4n) is 4.93. The van der Waals surface area contributed by atoms with Crippen molar-refractivity contribution in [2.45, 2.75) is 32.8 Å². The predicted molar refractivity (Wildman–Crippen MR) is 121 cm³/mol. The molecule has 33 heavy (non-hydrogen) atoms. The number of carbonyl (C=O) groups is 3. The zero-order valence-corrected chi connectivity index (χ0v) is 19.0. The number of hydrazone groups is 1. The highest BCUT2D eigenvalue weighted by molar-refractivity contribution is 6.06. The topological polar surface area (TPSA) is 94.5 Å². The zero-order chi connectivity index (χ0) is 23.7. The summed E-state index contributed by atoms with van der Waals surface area (Å²) in [4.78, 5) is 37.6. The zero-order valence-electron chi connectivity index (χ0n) is 19.0. The molecule has 0 aromatic heterocycles. The monoisotopic (exact) mass is 452 g/mol. The summed E-state index contributed by atoms with van der Waals surface area (Å²) >= 11 is 0. The molecule has 1 aliphatic heterocycles. The van der Waals surface area contributed by atoms with E-state index in [-0.39, 0.29) is 48.2 Å². The number of carbonyl (C=O) groups excluding carboxylic acids is 3. The third-order valence-corrected chi connectivity index (χ3v) is 6.21. The van der Waals surface area contributed by atoms with E-state index >= 15 is 0 Å². The molecule has 1 saturated carbocycles. The van der Waals surface area contributed by atoms with E-state index < -0.39 is 5.97 Å². The van der Waals surface area contributed by atoms with Crippen molar-refractivity contribution < 1.29 is 28.6 Å². The van der Waals surface area contributed by atoms with Crippen LogP contribution in [0.25, 0.3) is 0 Å². The highest BCUT2D eigenvalue weighted by atomic mass is 16.6. The molecule has 0 unspecified atom stereocenters. The van der Waals surface area contributed by atoms with Gasteiger partial charge in [-0.05, 0) is 56.2 Å². The van der Waals surface area contributed by atoms with Crippen LogP contribution in [0.1, 0.15) is 31.4 Å². The molecule has 4 atom stereocenters. The molecule has 0 N–H and O–H groups in total. The van der Waals surface area contributed by atoms with Gasteiger partial charge in [0.15, 0.2) is 18.1 Å². The van der Waals surface area contributed by atoms with Gasteiger partial charge in [0.05, 0.1) is 31.3 Å². The number of hydrogen-bond donors (Lipinski definition) is 0. The van der Waals surface area contributed by atoms with E-state index in [1.807, 2.05) is 12.2 Å². The van der Waals surface area contributed by atoms with Crippen LogP contribution in [0.5, 0.6) is 11.5 Å². The quantitative estimate of drug-likeness (QED) is 0.248. The summed E-state index contributed by atoms with van der Waals surface area (Å²) in [6.07, 6.45) is 8.35. The Labute approximate surface area is 192 Å². The first-order chi connectivity index (χ1) is 15.8. The fourth-order valence-corrected chi connectivity index (χ4v) is 4.93. The Morgan fingerprint density at radius 1 is 1.21 bits per heavy atom. The number of ether oxygens (including phenoxy) is 3. The van der Waals surface area contributed by atoms with Crippen LogP contribution in [0.15, 0.2) is 42.0 Å². The lowest BCUT2D eigenvalue weighted by molar-refractivity contribution is -0.149. The van der Waals surface area contributed by atoms with Gasteiger partial charge in [-0.2, -0.15) is 10.1 Å². The van der Waals surface area contributed by atoms with Gasteiger partial charge in [-0.1, -0.05) is 18.2 Å². The smallest absolute Gasteiger partial charge is 0.344 e. The second kappa shape index (κ2) is 9.21. The summed E-state index contributed by atoms with van der Waals surface area (Å²) in [7, 11) is 1.49. The van der Waals surface area contributed by atoms with E-state index in [1.54, 1.807) is 32.1 Å². The molecule has 174 valence electrons. The first-order valence-electron chi connectivity index (χ1n) is 11.1. The lowest BCUT2D eigenvalue weighted by Gasteiger charge is -2.16. The molecule has 2 bridgehead atoms. The minimum atomic E-state index is -0.484. The van der Waals surface area contributed by atoms with Gasteiger partial charge in [0.1, 0.15) is 0 Å². The standard InChI is InChI=1S/C25H28N2O6/c1-5-6-18-9-15(10-19(31-4)23(18)32-13-20(28)33-14(2)3)12-26-27-24(29)21-16-7-8-17(11-16)22(21)25(27)30/h5,7-10,12,14,16-17,21-22H,1,6,11,13H2,2-4H3/t16-,17-,21-,22+/m0/s1. The molecule has 3 aliphatic rings. The third-order valence-electron chi connectivity index (χ3n) is 6.21. The normalized spacial score (nSPS) is 25.3. The Morgan fingerprint density at radius 3 is 2.45 bits per heavy atom. The second-order valence-electron chi connectivity index (χ2n) is 8.76. The molecule has 2 aliphatic carbocycles. The summed E-state index contributed by atoms with van der Waals surface area (Å²) in [5, 5.41) is 5.24. The number of imide groups is 1. The molecule has 4 rings (SSSR count). The Hall–Kier alpha value is -3.42. The molecule has 1 heterocycles. The molecule has 2 amide bonds. The molecule has 1 saturated heterocycles. The van der Waals surface area contributed by atoms with Crippen molar-refractivity contribution >= 4 is 24.0 Å².